The monoisotopic (exact) mass is 231 g/mol. The van der Waals surface area contributed by atoms with Crippen molar-refractivity contribution in [2.75, 3.05) is 18.5 Å². The second kappa shape index (κ2) is 5.10. The van der Waals surface area contributed by atoms with E-state index in [4.69, 9.17) is 0 Å². The highest BCUT2D eigenvalue weighted by Crippen LogP contribution is 2.23. The quantitative estimate of drug-likeness (QED) is 0.872. The summed E-state index contributed by atoms with van der Waals surface area (Å²) in [4.78, 5) is 2.10. The number of rotatable bonds is 4. The van der Waals surface area contributed by atoms with Crippen LogP contribution in [0.15, 0.2) is 30.5 Å². The first-order chi connectivity index (χ1) is 8.18. The molecule has 0 fully saturated rings. The van der Waals surface area contributed by atoms with Crippen LogP contribution in [0.1, 0.15) is 13.3 Å². The summed E-state index contributed by atoms with van der Waals surface area (Å²) in [7, 11) is 2.01. The summed E-state index contributed by atoms with van der Waals surface area (Å²) in [5, 5.41) is 18.5. The van der Waals surface area contributed by atoms with E-state index in [0.717, 1.165) is 29.6 Å². The fourth-order valence-electron chi connectivity index (χ4n) is 1.80. The largest absolute Gasteiger partial charge is 0.393 e. The van der Waals surface area contributed by atoms with Crippen LogP contribution in [0.25, 0.3) is 10.9 Å². The van der Waals surface area contributed by atoms with Crippen LogP contribution >= 0.6 is 0 Å². The molecular weight excluding hydrogens is 214 g/mol. The van der Waals surface area contributed by atoms with Crippen molar-refractivity contribution in [2.24, 2.45) is 0 Å². The molecule has 0 radical (unpaired) electrons. The van der Waals surface area contributed by atoms with Gasteiger partial charge < -0.3 is 10.0 Å². The molecule has 1 aromatic heterocycles. The van der Waals surface area contributed by atoms with Crippen LogP contribution in [0, 0.1) is 0 Å². The summed E-state index contributed by atoms with van der Waals surface area (Å²) in [6.45, 7) is 2.60. The van der Waals surface area contributed by atoms with Crippen LogP contribution in [-0.4, -0.2) is 35.0 Å². The van der Waals surface area contributed by atoms with Gasteiger partial charge >= 0.3 is 0 Å². The molecular formula is C13H17N3O. The lowest BCUT2D eigenvalue weighted by molar-refractivity contribution is 0.187. The fraction of sp³-hybridized carbons (Fsp3) is 0.385. The first kappa shape index (κ1) is 11.8. The minimum atomic E-state index is -0.279. The molecule has 4 nitrogen and oxygen atoms in total. The summed E-state index contributed by atoms with van der Waals surface area (Å²) in [6, 6.07) is 7.94. The van der Waals surface area contributed by atoms with E-state index in [1.165, 1.54) is 0 Å². The lowest BCUT2D eigenvalue weighted by Gasteiger charge is -2.20. The van der Waals surface area contributed by atoms with Crippen molar-refractivity contribution in [3.63, 3.8) is 0 Å². The zero-order chi connectivity index (χ0) is 12.3. The Bertz CT molecular complexity index is 493. The van der Waals surface area contributed by atoms with Crippen LogP contribution in [0.5, 0.6) is 0 Å². The van der Waals surface area contributed by atoms with Crippen molar-refractivity contribution in [3.05, 3.63) is 30.5 Å². The maximum Gasteiger partial charge on any atom is 0.0950 e. The van der Waals surface area contributed by atoms with Gasteiger partial charge in [0.25, 0.3) is 0 Å². The normalized spacial score (nSPS) is 12.6. The van der Waals surface area contributed by atoms with Crippen LogP contribution < -0.4 is 4.90 Å². The van der Waals surface area contributed by atoms with E-state index in [2.05, 4.69) is 15.1 Å². The predicted octanol–water partition coefficient (Wildman–Crippen LogP) is 1.84. The maximum absolute atomic E-state index is 9.31. The molecule has 0 aliphatic rings. The van der Waals surface area contributed by atoms with E-state index < -0.39 is 0 Å². The van der Waals surface area contributed by atoms with Crippen molar-refractivity contribution < 1.29 is 5.11 Å². The number of fused-ring (bicyclic) bond motifs is 1. The van der Waals surface area contributed by atoms with E-state index >= 15 is 0 Å². The average molecular weight is 231 g/mol. The molecule has 17 heavy (non-hydrogen) atoms. The first-order valence-corrected chi connectivity index (χ1v) is 5.78. The standard InChI is InChI=1S/C13H17N3O/c1-10(17)7-8-16(2)13-9-14-15-12-6-4-3-5-11(12)13/h3-6,9-10,17H,7-8H2,1-2H3. The van der Waals surface area contributed by atoms with Gasteiger partial charge in [-0.15, -0.1) is 0 Å². The van der Waals surface area contributed by atoms with Gasteiger partial charge in [0.2, 0.25) is 0 Å². The van der Waals surface area contributed by atoms with E-state index in [0.29, 0.717) is 0 Å². The number of aliphatic hydroxyl groups excluding tert-OH is 1. The molecule has 0 aliphatic heterocycles. The molecule has 0 saturated heterocycles. The Kier molecular flexibility index (Phi) is 3.54. The average Bonchev–Trinajstić information content (AvgIpc) is 2.35. The van der Waals surface area contributed by atoms with Crippen molar-refractivity contribution >= 4 is 16.6 Å². The Labute approximate surface area is 101 Å². The lowest BCUT2D eigenvalue weighted by atomic mass is 10.2. The Morgan fingerprint density at radius 2 is 2.12 bits per heavy atom. The highest BCUT2D eigenvalue weighted by atomic mass is 16.3. The summed E-state index contributed by atoms with van der Waals surface area (Å²) < 4.78 is 0. The molecule has 0 saturated carbocycles. The molecule has 4 heteroatoms. The van der Waals surface area contributed by atoms with E-state index in [9.17, 15) is 5.11 Å². The zero-order valence-electron chi connectivity index (χ0n) is 10.2. The van der Waals surface area contributed by atoms with E-state index in [1.54, 1.807) is 13.1 Å². The highest BCUT2D eigenvalue weighted by molar-refractivity contribution is 5.90. The summed E-state index contributed by atoms with van der Waals surface area (Å²) in [5.74, 6) is 0. The smallest absolute Gasteiger partial charge is 0.0950 e. The second-order valence-electron chi connectivity index (χ2n) is 4.31. The number of aliphatic hydroxyl groups is 1. The van der Waals surface area contributed by atoms with Crippen molar-refractivity contribution in [3.8, 4) is 0 Å². The Balaban J connectivity index is 2.28. The molecule has 1 unspecified atom stereocenters. The first-order valence-electron chi connectivity index (χ1n) is 5.78. The Morgan fingerprint density at radius 3 is 2.88 bits per heavy atom. The van der Waals surface area contributed by atoms with Crippen LogP contribution in [0.3, 0.4) is 0 Å². The number of hydrogen-bond donors (Lipinski definition) is 1. The lowest BCUT2D eigenvalue weighted by Crippen LogP contribution is -2.22. The minimum Gasteiger partial charge on any atom is -0.393 e. The Hall–Kier alpha value is -1.68. The number of anilines is 1. The molecule has 2 rings (SSSR count). The Morgan fingerprint density at radius 1 is 1.35 bits per heavy atom. The van der Waals surface area contributed by atoms with E-state index in [-0.39, 0.29) is 6.10 Å². The molecule has 1 heterocycles. The van der Waals surface area contributed by atoms with Crippen molar-refractivity contribution in [2.45, 2.75) is 19.4 Å². The molecule has 0 bridgehead atoms. The highest BCUT2D eigenvalue weighted by Gasteiger charge is 2.07. The van der Waals surface area contributed by atoms with E-state index in [1.807, 2.05) is 31.3 Å². The number of hydrogen-bond acceptors (Lipinski definition) is 4. The molecule has 1 N–H and O–H groups in total. The maximum atomic E-state index is 9.31. The molecule has 0 amide bonds. The fourth-order valence-corrected chi connectivity index (χ4v) is 1.80. The van der Waals surface area contributed by atoms with Crippen LogP contribution in [-0.2, 0) is 0 Å². The van der Waals surface area contributed by atoms with Gasteiger partial charge in [0.1, 0.15) is 0 Å². The van der Waals surface area contributed by atoms with Gasteiger partial charge in [-0.05, 0) is 19.4 Å². The summed E-state index contributed by atoms with van der Waals surface area (Å²) in [6.07, 6.45) is 2.23. The minimum absolute atomic E-state index is 0.279. The van der Waals surface area contributed by atoms with Gasteiger partial charge in [0.15, 0.2) is 0 Å². The zero-order valence-corrected chi connectivity index (χ0v) is 10.2. The third-order valence-corrected chi connectivity index (χ3v) is 2.82. The number of nitrogens with zero attached hydrogens (tertiary/aromatic N) is 3. The van der Waals surface area contributed by atoms with Gasteiger partial charge in [0.05, 0.1) is 23.5 Å². The van der Waals surface area contributed by atoms with Crippen molar-refractivity contribution in [1.29, 1.82) is 0 Å². The van der Waals surface area contributed by atoms with Crippen molar-refractivity contribution in [1.82, 2.24) is 10.2 Å². The molecule has 0 spiro atoms. The van der Waals surface area contributed by atoms with Gasteiger partial charge in [-0.2, -0.15) is 10.2 Å². The molecule has 1 aromatic carbocycles. The summed E-state index contributed by atoms with van der Waals surface area (Å²) >= 11 is 0. The van der Waals surface area contributed by atoms with Crippen LogP contribution in [0.4, 0.5) is 5.69 Å². The SMILES string of the molecule is CC(O)CCN(C)c1cnnc2ccccc12. The number of aromatic nitrogens is 2. The molecule has 90 valence electrons. The molecule has 2 aromatic rings. The topological polar surface area (TPSA) is 49.2 Å². The second-order valence-corrected chi connectivity index (χ2v) is 4.31. The predicted molar refractivity (Wildman–Crippen MR) is 69.1 cm³/mol. The van der Waals surface area contributed by atoms with Gasteiger partial charge in [-0.3, -0.25) is 0 Å². The summed E-state index contributed by atoms with van der Waals surface area (Å²) in [5.41, 5.74) is 1.95. The van der Waals surface area contributed by atoms with Gasteiger partial charge in [-0.1, -0.05) is 18.2 Å². The van der Waals surface area contributed by atoms with Gasteiger partial charge in [0, 0.05) is 19.0 Å². The third-order valence-electron chi connectivity index (χ3n) is 2.82. The molecule has 0 aliphatic carbocycles. The molecule has 1 atom stereocenters. The third kappa shape index (κ3) is 2.71. The number of benzene rings is 1. The van der Waals surface area contributed by atoms with Crippen LogP contribution in [0.2, 0.25) is 0 Å². The van der Waals surface area contributed by atoms with Gasteiger partial charge in [-0.25, -0.2) is 0 Å².